The smallest absolute Gasteiger partial charge is 0.166 e. The molecule has 2 nitrogen and oxygen atoms in total. The van der Waals surface area contributed by atoms with Gasteiger partial charge in [-0.1, -0.05) is 33.6 Å². The first-order valence-corrected chi connectivity index (χ1v) is 7.81. The molecule has 0 bridgehead atoms. The standard InChI is InChI=1S/C18H26O2/c1-4-13-20-15-10-8-14(9-11-15)17(19)16-7-5-6-12-18(16,2)3/h8-11,16H,4-7,12-13H2,1-3H3. The summed E-state index contributed by atoms with van der Waals surface area (Å²) >= 11 is 0. The number of Topliss-reactive ketones (excluding diaryl/α,β-unsaturated/α-hetero) is 1. The predicted molar refractivity (Wildman–Crippen MR) is 82.3 cm³/mol. The van der Waals surface area contributed by atoms with Crippen molar-refractivity contribution in [2.75, 3.05) is 6.61 Å². The van der Waals surface area contributed by atoms with Gasteiger partial charge >= 0.3 is 0 Å². The van der Waals surface area contributed by atoms with Crippen molar-refractivity contribution in [3.63, 3.8) is 0 Å². The van der Waals surface area contributed by atoms with Gasteiger partial charge in [-0.3, -0.25) is 4.79 Å². The lowest BCUT2D eigenvalue weighted by atomic mass is 9.66. The van der Waals surface area contributed by atoms with Gasteiger partial charge in [0.1, 0.15) is 5.75 Å². The highest BCUT2D eigenvalue weighted by Crippen LogP contribution is 2.42. The Bertz CT molecular complexity index is 445. The number of ether oxygens (including phenoxy) is 1. The van der Waals surface area contributed by atoms with Gasteiger partial charge in [0.2, 0.25) is 0 Å². The van der Waals surface area contributed by atoms with Crippen molar-refractivity contribution >= 4 is 5.78 Å². The number of hydrogen-bond acceptors (Lipinski definition) is 2. The second-order valence-electron chi connectivity index (χ2n) is 6.52. The quantitative estimate of drug-likeness (QED) is 0.716. The van der Waals surface area contributed by atoms with Gasteiger partial charge in [-0.05, 0) is 48.9 Å². The molecule has 1 aliphatic carbocycles. The Morgan fingerprint density at radius 3 is 2.55 bits per heavy atom. The number of hydrogen-bond donors (Lipinski definition) is 0. The summed E-state index contributed by atoms with van der Waals surface area (Å²) in [4.78, 5) is 12.7. The average molecular weight is 274 g/mol. The molecule has 1 atom stereocenters. The van der Waals surface area contributed by atoms with Gasteiger partial charge in [-0.2, -0.15) is 0 Å². The van der Waals surface area contributed by atoms with Crippen LogP contribution in [0.3, 0.4) is 0 Å². The molecular weight excluding hydrogens is 248 g/mol. The lowest BCUT2D eigenvalue weighted by Crippen LogP contribution is -2.34. The number of carbonyl (C=O) groups is 1. The summed E-state index contributed by atoms with van der Waals surface area (Å²) < 4.78 is 5.57. The fourth-order valence-corrected chi connectivity index (χ4v) is 3.12. The SMILES string of the molecule is CCCOc1ccc(C(=O)C2CCCCC2(C)C)cc1. The van der Waals surface area contributed by atoms with Gasteiger partial charge in [0.15, 0.2) is 5.78 Å². The second kappa shape index (κ2) is 6.43. The summed E-state index contributed by atoms with van der Waals surface area (Å²) in [5.74, 6) is 1.32. The highest BCUT2D eigenvalue weighted by molar-refractivity contribution is 5.98. The van der Waals surface area contributed by atoms with Crippen LogP contribution in [0.2, 0.25) is 0 Å². The summed E-state index contributed by atoms with van der Waals surface area (Å²) in [6, 6.07) is 7.66. The maximum absolute atomic E-state index is 12.7. The summed E-state index contributed by atoms with van der Waals surface area (Å²) in [6.07, 6.45) is 5.61. The molecule has 20 heavy (non-hydrogen) atoms. The first kappa shape index (κ1) is 15.1. The zero-order valence-electron chi connectivity index (χ0n) is 12.9. The zero-order valence-corrected chi connectivity index (χ0v) is 12.9. The topological polar surface area (TPSA) is 26.3 Å². The van der Waals surface area contributed by atoms with Gasteiger partial charge in [0.25, 0.3) is 0 Å². The molecule has 1 aliphatic rings. The van der Waals surface area contributed by atoms with Gasteiger partial charge in [-0.15, -0.1) is 0 Å². The van der Waals surface area contributed by atoms with E-state index < -0.39 is 0 Å². The van der Waals surface area contributed by atoms with Gasteiger partial charge in [0.05, 0.1) is 6.61 Å². The Hall–Kier alpha value is -1.31. The Morgan fingerprint density at radius 2 is 1.95 bits per heavy atom. The van der Waals surface area contributed by atoms with Crippen molar-refractivity contribution in [1.29, 1.82) is 0 Å². The normalized spacial score (nSPS) is 21.4. The van der Waals surface area contributed by atoms with E-state index in [1.54, 1.807) is 0 Å². The van der Waals surface area contributed by atoms with Crippen LogP contribution in [0, 0.1) is 11.3 Å². The highest BCUT2D eigenvalue weighted by Gasteiger charge is 2.37. The molecule has 1 saturated carbocycles. The first-order valence-electron chi connectivity index (χ1n) is 7.81. The Morgan fingerprint density at radius 1 is 1.25 bits per heavy atom. The lowest BCUT2D eigenvalue weighted by Gasteiger charge is -2.37. The third-order valence-electron chi connectivity index (χ3n) is 4.44. The molecule has 0 radical (unpaired) electrons. The van der Waals surface area contributed by atoms with E-state index in [1.807, 2.05) is 24.3 Å². The van der Waals surface area contributed by atoms with Crippen molar-refractivity contribution in [2.45, 2.75) is 52.9 Å². The Balaban J connectivity index is 2.08. The molecule has 0 spiro atoms. The molecule has 0 aliphatic heterocycles. The van der Waals surface area contributed by atoms with Gasteiger partial charge in [-0.25, -0.2) is 0 Å². The zero-order chi connectivity index (χ0) is 14.6. The molecule has 1 aromatic carbocycles. The van der Waals surface area contributed by atoms with Crippen LogP contribution >= 0.6 is 0 Å². The molecule has 2 rings (SSSR count). The average Bonchev–Trinajstić information content (AvgIpc) is 2.44. The van der Waals surface area contributed by atoms with E-state index in [0.29, 0.717) is 5.78 Å². The van der Waals surface area contributed by atoms with E-state index in [-0.39, 0.29) is 11.3 Å². The van der Waals surface area contributed by atoms with E-state index in [9.17, 15) is 4.79 Å². The van der Waals surface area contributed by atoms with E-state index in [4.69, 9.17) is 4.74 Å². The van der Waals surface area contributed by atoms with Crippen molar-refractivity contribution in [3.8, 4) is 5.75 Å². The number of ketones is 1. The third-order valence-corrected chi connectivity index (χ3v) is 4.44. The van der Waals surface area contributed by atoms with Crippen molar-refractivity contribution in [3.05, 3.63) is 29.8 Å². The molecule has 1 aromatic rings. The fraction of sp³-hybridized carbons (Fsp3) is 0.611. The minimum atomic E-state index is 0.132. The number of carbonyl (C=O) groups excluding carboxylic acids is 1. The summed E-state index contributed by atoms with van der Waals surface area (Å²) in [7, 11) is 0. The van der Waals surface area contributed by atoms with Crippen LogP contribution in [0.15, 0.2) is 24.3 Å². The molecule has 0 heterocycles. The molecular formula is C18H26O2. The van der Waals surface area contributed by atoms with Crippen LogP contribution in [-0.4, -0.2) is 12.4 Å². The summed E-state index contributed by atoms with van der Waals surface area (Å²) in [5.41, 5.74) is 0.959. The second-order valence-corrected chi connectivity index (χ2v) is 6.52. The lowest BCUT2D eigenvalue weighted by molar-refractivity contribution is 0.0697. The molecule has 1 fully saturated rings. The van der Waals surface area contributed by atoms with E-state index in [1.165, 1.54) is 12.8 Å². The minimum absolute atomic E-state index is 0.132. The Labute approximate surface area is 122 Å². The largest absolute Gasteiger partial charge is 0.494 e. The first-order chi connectivity index (χ1) is 9.54. The predicted octanol–water partition coefficient (Wildman–Crippen LogP) is 4.87. The monoisotopic (exact) mass is 274 g/mol. The van der Waals surface area contributed by atoms with Crippen molar-refractivity contribution < 1.29 is 9.53 Å². The van der Waals surface area contributed by atoms with Crippen LogP contribution in [0.25, 0.3) is 0 Å². The van der Waals surface area contributed by atoms with Crippen LogP contribution < -0.4 is 4.74 Å². The summed E-state index contributed by atoms with van der Waals surface area (Å²) in [5, 5.41) is 0. The minimum Gasteiger partial charge on any atom is -0.494 e. The number of benzene rings is 1. The molecule has 0 N–H and O–H groups in total. The van der Waals surface area contributed by atoms with Crippen LogP contribution in [0.5, 0.6) is 5.75 Å². The molecule has 0 saturated heterocycles. The maximum atomic E-state index is 12.7. The maximum Gasteiger partial charge on any atom is 0.166 e. The van der Waals surface area contributed by atoms with Gasteiger partial charge < -0.3 is 4.74 Å². The van der Waals surface area contributed by atoms with Crippen LogP contribution in [0.1, 0.15) is 63.2 Å². The Kier molecular flexibility index (Phi) is 4.85. The van der Waals surface area contributed by atoms with Crippen molar-refractivity contribution in [2.24, 2.45) is 11.3 Å². The van der Waals surface area contributed by atoms with Crippen LogP contribution in [0.4, 0.5) is 0 Å². The molecule has 1 unspecified atom stereocenters. The molecule has 110 valence electrons. The fourth-order valence-electron chi connectivity index (χ4n) is 3.12. The summed E-state index contributed by atoms with van der Waals surface area (Å²) in [6.45, 7) is 7.27. The van der Waals surface area contributed by atoms with Crippen molar-refractivity contribution in [1.82, 2.24) is 0 Å². The van der Waals surface area contributed by atoms with E-state index in [2.05, 4.69) is 20.8 Å². The molecule has 2 heteroatoms. The van der Waals surface area contributed by atoms with E-state index >= 15 is 0 Å². The molecule has 0 aromatic heterocycles. The van der Waals surface area contributed by atoms with E-state index in [0.717, 1.165) is 37.2 Å². The molecule has 0 amide bonds. The van der Waals surface area contributed by atoms with Gasteiger partial charge in [0, 0.05) is 11.5 Å². The highest BCUT2D eigenvalue weighted by atomic mass is 16.5. The third kappa shape index (κ3) is 3.41. The number of rotatable bonds is 5. The van der Waals surface area contributed by atoms with Crippen LogP contribution in [-0.2, 0) is 0 Å².